The first-order valence-corrected chi connectivity index (χ1v) is 5.50. The minimum Gasteiger partial charge on any atom is -0.197 e. The van der Waals surface area contributed by atoms with Gasteiger partial charge in [0.1, 0.15) is 0 Å². The molecule has 0 aliphatic rings. The zero-order valence-corrected chi connectivity index (χ0v) is 9.27. The number of nitrogens with zero attached hydrogens (tertiary/aromatic N) is 1. The summed E-state index contributed by atoms with van der Waals surface area (Å²) in [5, 5.41) is 0. The molecule has 0 saturated heterocycles. The van der Waals surface area contributed by atoms with E-state index in [0.717, 1.165) is 6.42 Å². The fourth-order valence-corrected chi connectivity index (χ4v) is 2.12. The molecule has 1 heterocycles. The van der Waals surface area contributed by atoms with Crippen molar-refractivity contribution >= 4 is 11.5 Å². The van der Waals surface area contributed by atoms with E-state index in [1.165, 1.54) is 21.7 Å². The van der Waals surface area contributed by atoms with E-state index in [1.807, 2.05) is 6.07 Å². The van der Waals surface area contributed by atoms with E-state index in [1.54, 1.807) is 11.5 Å². The third kappa shape index (κ3) is 1.85. The van der Waals surface area contributed by atoms with Crippen molar-refractivity contribution in [3.63, 3.8) is 0 Å². The van der Waals surface area contributed by atoms with Crippen molar-refractivity contribution < 1.29 is 0 Å². The molecule has 0 fully saturated rings. The first kappa shape index (κ1) is 9.41. The molecule has 14 heavy (non-hydrogen) atoms. The maximum atomic E-state index is 4.45. The van der Waals surface area contributed by atoms with Crippen molar-refractivity contribution in [2.75, 3.05) is 0 Å². The summed E-state index contributed by atoms with van der Waals surface area (Å²) in [5.74, 6) is 0. The molecule has 2 aromatic rings. The number of benzene rings is 1. The van der Waals surface area contributed by atoms with Crippen LogP contribution in [0.5, 0.6) is 0 Å². The third-order valence-corrected chi connectivity index (χ3v) is 3.36. The van der Waals surface area contributed by atoms with Gasteiger partial charge in [-0.3, -0.25) is 0 Å². The largest absolute Gasteiger partial charge is 0.197 e. The molecule has 0 amide bonds. The Labute approximate surface area is 88.6 Å². The Balaban J connectivity index is 2.23. The van der Waals surface area contributed by atoms with Crippen LogP contribution < -0.4 is 0 Å². The van der Waals surface area contributed by atoms with Crippen molar-refractivity contribution in [3.05, 3.63) is 52.0 Å². The molecule has 72 valence electrons. The maximum absolute atomic E-state index is 4.45. The van der Waals surface area contributed by atoms with Gasteiger partial charge in [0.05, 0.1) is 5.69 Å². The normalized spacial score (nSPS) is 10.4. The second-order valence-electron chi connectivity index (χ2n) is 3.47. The number of hydrogen-bond acceptors (Lipinski definition) is 2. The van der Waals surface area contributed by atoms with Crippen molar-refractivity contribution in [2.45, 2.75) is 20.3 Å². The summed E-state index contributed by atoms with van der Waals surface area (Å²) in [6, 6.07) is 10.5. The smallest absolute Gasteiger partial charge is 0.0617 e. The van der Waals surface area contributed by atoms with Crippen molar-refractivity contribution in [2.24, 2.45) is 0 Å². The molecule has 0 spiro atoms. The van der Waals surface area contributed by atoms with Gasteiger partial charge in [-0.1, -0.05) is 30.3 Å². The van der Waals surface area contributed by atoms with E-state index in [2.05, 4.69) is 42.5 Å². The number of aromatic nitrogens is 1. The van der Waals surface area contributed by atoms with Gasteiger partial charge >= 0.3 is 0 Å². The maximum Gasteiger partial charge on any atom is 0.0617 e. The minimum absolute atomic E-state index is 0.955. The molecule has 0 radical (unpaired) electrons. The van der Waals surface area contributed by atoms with Crippen LogP contribution in [0.3, 0.4) is 0 Å². The Kier molecular flexibility index (Phi) is 2.64. The first-order valence-electron chi connectivity index (χ1n) is 4.73. The second-order valence-corrected chi connectivity index (χ2v) is 4.45. The summed E-state index contributed by atoms with van der Waals surface area (Å²) < 4.78 is 4.45. The van der Waals surface area contributed by atoms with Gasteiger partial charge in [0.15, 0.2) is 0 Å². The fraction of sp³-hybridized carbons (Fsp3) is 0.250. The molecule has 2 heteroatoms. The highest BCUT2D eigenvalue weighted by Gasteiger charge is 2.05. The Morgan fingerprint density at radius 1 is 1.14 bits per heavy atom. The van der Waals surface area contributed by atoms with Gasteiger partial charge in [0.2, 0.25) is 0 Å². The zero-order valence-electron chi connectivity index (χ0n) is 8.45. The highest BCUT2D eigenvalue weighted by atomic mass is 32.1. The fourth-order valence-electron chi connectivity index (χ4n) is 1.42. The molecule has 0 saturated carbocycles. The molecule has 2 rings (SSSR count). The number of rotatable bonds is 2. The molecule has 1 aromatic heterocycles. The molecule has 0 N–H and O–H groups in total. The lowest BCUT2D eigenvalue weighted by Crippen LogP contribution is -1.90. The van der Waals surface area contributed by atoms with Gasteiger partial charge in [0.25, 0.3) is 0 Å². The molecule has 1 aromatic carbocycles. The van der Waals surface area contributed by atoms with E-state index < -0.39 is 0 Å². The van der Waals surface area contributed by atoms with Crippen LogP contribution in [0, 0.1) is 13.8 Å². The van der Waals surface area contributed by atoms with E-state index in [0.29, 0.717) is 0 Å². The van der Waals surface area contributed by atoms with Crippen LogP contribution >= 0.6 is 11.5 Å². The van der Waals surface area contributed by atoms with E-state index in [9.17, 15) is 0 Å². The Morgan fingerprint density at radius 2 is 1.86 bits per heavy atom. The summed E-state index contributed by atoms with van der Waals surface area (Å²) in [5.41, 5.74) is 3.90. The standard InChI is InChI=1S/C12H13NS/c1-9-10(2)14-13-12(9)8-11-6-4-3-5-7-11/h3-7H,8H2,1-2H3. The van der Waals surface area contributed by atoms with Crippen LogP contribution in [0.2, 0.25) is 0 Å². The molecule has 0 aliphatic heterocycles. The highest BCUT2D eigenvalue weighted by molar-refractivity contribution is 7.05. The quantitative estimate of drug-likeness (QED) is 0.729. The lowest BCUT2D eigenvalue weighted by atomic mass is 10.1. The second kappa shape index (κ2) is 3.93. The predicted molar refractivity (Wildman–Crippen MR) is 60.8 cm³/mol. The van der Waals surface area contributed by atoms with Crippen LogP contribution in [0.4, 0.5) is 0 Å². The number of aryl methyl sites for hydroxylation is 1. The first-order chi connectivity index (χ1) is 6.77. The topological polar surface area (TPSA) is 12.9 Å². The highest BCUT2D eigenvalue weighted by Crippen LogP contribution is 2.19. The molecule has 0 aliphatic carbocycles. The monoisotopic (exact) mass is 203 g/mol. The van der Waals surface area contributed by atoms with Gasteiger partial charge in [-0.15, -0.1) is 0 Å². The van der Waals surface area contributed by atoms with Gasteiger partial charge in [0, 0.05) is 11.3 Å². The summed E-state index contributed by atoms with van der Waals surface area (Å²) in [6.45, 7) is 4.28. The Hall–Kier alpha value is -1.15. The average Bonchev–Trinajstić information content (AvgIpc) is 2.52. The SMILES string of the molecule is Cc1snc(Cc2ccccc2)c1C. The minimum atomic E-state index is 0.955. The van der Waals surface area contributed by atoms with E-state index >= 15 is 0 Å². The lowest BCUT2D eigenvalue weighted by molar-refractivity contribution is 1.10. The van der Waals surface area contributed by atoms with E-state index in [-0.39, 0.29) is 0 Å². The third-order valence-electron chi connectivity index (χ3n) is 2.47. The lowest BCUT2D eigenvalue weighted by Gasteiger charge is -1.98. The zero-order chi connectivity index (χ0) is 9.97. The molecular formula is C12H13NS. The van der Waals surface area contributed by atoms with Crippen LogP contribution in [-0.4, -0.2) is 4.37 Å². The van der Waals surface area contributed by atoms with Crippen LogP contribution in [0.25, 0.3) is 0 Å². The molecular weight excluding hydrogens is 190 g/mol. The van der Waals surface area contributed by atoms with E-state index in [4.69, 9.17) is 0 Å². The van der Waals surface area contributed by atoms with Crippen LogP contribution in [-0.2, 0) is 6.42 Å². The van der Waals surface area contributed by atoms with Gasteiger partial charge in [-0.25, -0.2) is 0 Å². The Bertz CT molecular complexity index is 417. The summed E-state index contributed by atoms with van der Waals surface area (Å²) in [7, 11) is 0. The molecule has 0 unspecified atom stereocenters. The van der Waals surface area contributed by atoms with Crippen molar-refractivity contribution in [3.8, 4) is 0 Å². The Morgan fingerprint density at radius 3 is 2.43 bits per heavy atom. The van der Waals surface area contributed by atoms with Gasteiger partial charge in [-0.05, 0) is 36.5 Å². The summed E-state index contributed by atoms with van der Waals surface area (Å²) in [6.07, 6.45) is 0.955. The van der Waals surface area contributed by atoms with Crippen molar-refractivity contribution in [1.29, 1.82) is 0 Å². The molecule has 0 atom stereocenters. The average molecular weight is 203 g/mol. The summed E-state index contributed by atoms with van der Waals surface area (Å²) in [4.78, 5) is 1.33. The van der Waals surface area contributed by atoms with Gasteiger partial charge < -0.3 is 0 Å². The number of hydrogen-bond donors (Lipinski definition) is 0. The van der Waals surface area contributed by atoms with Gasteiger partial charge in [-0.2, -0.15) is 4.37 Å². The van der Waals surface area contributed by atoms with Crippen LogP contribution in [0.15, 0.2) is 30.3 Å². The predicted octanol–water partition coefficient (Wildman–Crippen LogP) is 3.35. The summed E-state index contributed by atoms with van der Waals surface area (Å²) >= 11 is 1.60. The van der Waals surface area contributed by atoms with Crippen molar-refractivity contribution in [1.82, 2.24) is 4.37 Å². The van der Waals surface area contributed by atoms with Crippen LogP contribution in [0.1, 0.15) is 21.7 Å². The molecule has 1 nitrogen and oxygen atoms in total. The molecule has 0 bridgehead atoms.